The molecular weight excluding hydrogens is 225 g/mol. The van der Waals surface area contributed by atoms with Crippen molar-refractivity contribution in [3.63, 3.8) is 0 Å². The number of rotatable bonds is 9. The Morgan fingerprint density at radius 2 is 1.50 bits per heavy atom. The SMILES string of the molecule is CCCCCCCCCC(N)c1ccc(F)cc1. The van der Waals surface area contributed by atoms with Gasteiger partial charge in [-0.25, -0.2) is 4.39 Å². The van der Waals surface area contributed by atoms with Gasteiger partial charge >= 0.3 is 0 Å². The molecule has 1 unspecified atom stereocenters. The van der Waals surface area contributed by atoms with E-state index in [2.05, 4.69) is 6.92 Å². The summed E-state index contributed by atoms with van der Waals surface area (Å²) in [4.78, 5) is 0. The molecule has 0 heterocycles. The molecule has 0 aliphatic heterocycles. The highest BCUT2D eigenvalue weighted by molar-refractivity contribution is 5.19. The van der Waals surface area contributed by atoms with Crippen molar-refractivity contribution in [2.24, 2.45) is 5.73 Å². The van der Waals surface area contributed by atoms with E-state index in [0.717, 1.165) is 12.0 Å². The number of halogens is 1. The van der Waals surface area contributed by atoms with Crippen molar-refractivity contribution >= 4 is 0 Å². The van der Waals surface area contributed by atoms with Crippen LogP contribution in [0.5, 0.6) is 0 Å². The summed E-state index contributed by atoms with van der Waals surface area (Å²) >= 11 is 0. The van der Waals surface area contributed by atoms with E-state index < -0.39 is 0 Å². The van der Waals surface area contributed by atoms with E-state index in [1.165, 1.54) is 57.1 Å². The highest BCUT2D eigenvalue weighted by Gasteiger charge is 2.05. The Morgan fingerprint density at radius 3 is 2.11 bits per heavy atom. The summed E-state index contributed by atoms with van der Waals surface area (Å²) in [7, 11) is 0. The molecule has 0 fully saturated rings. The normalized spacial score (nSPS) is 12.6. The van der Waals surface area contributed by atoms with Crippen LogP contribution in [-0.2, 0) is 0 Å². The standard InChI is InChI=1S/C16H26FN/c1-2-3-4-5-6-7-8-9-16(18)14-10-12-15(17)13-11-14/h10-13,16H,2-9,18H2,1H3. The number of nitrogens with two attached hydrogens (primary N) is 1. The van der Waals surface area contributed by atoms with Crippen LogP contribution in [0.25, 0.3) is 0 Å². The first-order valence-electron chi connectivity index (χ1n) is 7.25. The van der Waals surface area contributed by atoms with Crippen LogP contribution in [0, 0.1) is 5.82 Å². The molecule has 0 aromatic heterocycles. The molecule has 1 atom stereocenters. The number of unbranched alkanes of at least 4 members (excludes halogenated alkanes) is 6. The first-order valence-corrected chi connectivity index (χ1v) is 7.25. The molecule has 18 heavy (non-hydrogen) atoms. The predicted octanol–water partition coefficient (Wildman–Crippen LogP) is 4.97. The van der Waals surface area contributed by atoms with E-state index in [4.69, 9.17) is 5.73 Å². The van der Waals surface area contributed by atoms with Gasteiger partial charge in [-0.1, -0.05) is 64.0 Å². The van der Waals surface area contributed by atoms with Crippen LogP contribution < -0.4 is 5.73 Å². The van der Waals surface area contributed by atoms with Gasteiger partial charge in [0, 0.05) is 6.04 Å². The van der Waals surface area contributed by atoms with Gasteiger partial charge in [-0.2, -0.15) is 0 Å². The molecule has 0 radical (unpaired) electrons. The molecule has 1 rings (SSSR count). The van der Waals surface area contributed by atoms with E-state index in [1.807, 2.05) is 0 Å². The third kappa shape index (κ3) is 6.15. The predicted molar refractivity (Wildman–Crippen MR) is 75.9 cm³/mol. The van der Waals surface area contributed by atoms with Crippen molar-refractivity contribution in [1.82, 2.24) is 0 Å². The van der Waals surface area contributed by atoms with Crippen molar-refractivity contribution < 1.29 is 4.39 Å². The molecule has 2 heteroatoms. The van der Waals surface area contributed by atoms with Gasteiger partial charge in [0.1, 0.15) is 5.82 Å². The smallest absolute Gasteiger partial charge is 0.123 e. The minimum absolute atomic E-state index is 0.0567. The van der Waals surface area contributed by atoms with Gasteiger partial charge in [0.05, 0.1) is 0 Å². The van der Waals surface area contributed by atoms with Crippen LogP contribution in [0.4, 0.5) is 4.39 Å². The van der Waals surface area contributed by atoms with E-state index >= 15 is 0 Å². The lowest BCUT2D eigenvalue weighted by molar-refractivity contribution is 0.540. The average Bonchev–Trinajstić information content (AvgIpc) is 2.38. The summed E-state index contributed by atoms with van der Waals surface area (Å²) in [6.07, 6.45) is 10.1. The minimum Gasteiger partial charge on any atom is -0.324 e. The lowest BCUT2D eigenvalue weighted by atomic mass is 10.0. The lowest BCUT2D eigenvalue weighted by Crippen LogP contribution is -2.09. The third-order valence-electron chi connectivity index (χ3n) is 3.42. The number of hydrogen-bond donors (Lipinski definition) is 1. The Balaban J connectivity index is 2.10. The van der Waals surface area contributed by atoms with E-state index in [1.54, 1.807) is 12.1 Å². The molecular formula is C16H26FN. The molecule has 0 aliphatic rings. The monoisotopic (exact) mass is 251 g/mol. The fourth-order valence-electron chi connectivity index (χ4n) is 2.20. The maximum atomic E-state index is 12.8. The van der Waals surface area contributed by atoms with Gasteiger partial charge in [-0.15, -0.1) is 0 Å². The Morgan fingerprint density at radius 1 is 0.944 bits per heavy atom. The zero-order valence-electron chi connectivity index (χ0n) is 11.5. The van der Waals surface area contributed by atoms with Gasteiger partial charge in [-0.3, -0.25) is 0 Å². The van der Waals surface area contributed by atoms with E-state index in [0.29, 0.717) is 0 Å². The Hall–Kier alpha value is -0.890. The van der Waals surface area contributed by atoms with Crippen LogP contribution in [-0.4, -0.2) is 0 Å². The van der Waals surface area contributed by atoms with Crippen LogP contribution in [0.15, 0.2) is 24.3 Å². The zero-order chi connectivity index (χ0) is 13.2. The maximum Gasteiger partial charge on any atom is 0.123 e. The first-order chi connectivity index (χ1) is 8.74. The van der Waals surface area contributed by atoms with Crippen LogP contribution in [0.2, 0.25) is 0 Å². The largest absolute Gasteiger partial charge is 0.324 e. The highest BCUT2D eigenvalue weighted by atomic mass is 19.1. The van der Waals surface area contributed by atoms with Crippen molar-refractivity contribution in [2.75, 3.05) is 0 Å². The highest BCUT2D eigenvalue weighted by Crippen LogP contribution is 2.18. The van der Waals surface area contributed by atoms with Gasteiger partial charge in [0.2, 0.25) is 0 Å². The zero-order valence-corrected chi connectivity index (χ0v) is 11.5. The second kappa shape index (κ2) is 9.09. The summed E-state index contributed by atoms with van der Waals surface area (Å²) in [6.45, 7) is 2.24. The topological polar surface area (TPSA) is 26.0 Å². The van der Waals surface area contributed by atoms with Crippen molar-refractivity contribution in [3.8, 4) is 0 Å². The summed E-state index contributed by atoms with van der Waals surface area (Å²) < 4.78 is 12.8. The van der Waals surface area contributed by atoms with Gasteiger partial charge in [-0.05, 0) is 24.1 Å². The second-order valence-corrected chi connectivity index (χ2v) is 5.07. The third-order valence-corrected chi connectivity index (χ3v) is 3.42. The summed E-state index contributed by atoms with van der Waals surface area (Å²) in [6, 6.07) is 6.61. The van der Waals surface area contributed by atoms with E-state index in [-0.39, 0.29) is 11.9 Å². The molecule has 0 saturated heterocycles. The van der Waals surface area contributed by atoms with Crippen molar-refractivity contribution in [2.45, 2.75) is 64.3 Å². The average molecular weight is 251 g/mol. The molecule has 1 nitrogen and oxygen atoms in total. The second-order valence-electron chi connectivity index (χ2n) is 5.07. The molecule has 0 aliphatic carbocycles. The number of hydrogen-bond acceptors (Lipinski definition) is 1. The van der Waals surface area contributed by atoms with Crippen molar-refractivity contribution in [3.05, 3.63) is 35.6 Å². The molecule has 102 valence electrons. The van der Waals surface area contributed by atoms with Crippen LogP contribution >= 0.6 is 0 Å². The quantitative estimate of drug-likeness (QED) is 0.616. The minimum atomic E-state index is -0.193. The lowest BCUT2D eigenvalue weighted by Gasteiger charge is -2.11. The molecule has 1 aromatic carbocycles. The molecule has 0 spiro atoms. The van der Waals surface area contributed by atoms with Gasteiger partial charge < -0.3 is 5.73 Å². The van der Waals surface area contributed by atoms with Crippen LogP contribution in [0.1, 0.15) is 69.9 Å². The summed E-state index contributed by atoms with van der Waals surface area (Å²) in [5.41, 5.74) is 7.13. The molecule has 1 aromatic rings. The Kier molecular flexibility index (Phi) is 7.66. The van der Waals surface area contributed by atoms with Crippen molar-refractivity contribution in [1.29, 1.82) is 0 Å². The Labute approximate surface area is 111 Å². The van der Waals surface area contributed by atoms with Gasteiger partial charge in [0.25, 0.3) is 0 Å². The summed E-state index contributed by atoms with van der Waals surface area (Å²) in [5.74, 6) is -0.193. The molecule has 2 N–H and O–H groups in total. The maximum absolute atomic E-state index is 12.8. The fraction of sp³-hybridized carbons (Fsp3) is 0.625. The van der Waals surface area contributed by atoms with E-state index in [9.17, 15) is 4.39 Å². The fourth-order valence-corrected chi connectivity index (χ4v) is 2.20. The van der Waals surface area contributed by atoms with Gasteiger partial charge in [0.15, 0.2) is 0 Å². The summed E-state index contributed by atoms with van der Waals surface area (Å²) in [5, 5.41) is 0. The molecule has 0 bridgehead atoms. The van der Waals surface area contributed by atoms with Crippen LogP contribution in [0.3, 0.4) is 0 Å². The Bertz CT molecular complexity index is 307. The first kappa shape index (κ1) is 15.2. The number of benzene rings is 1. The molecule has 0 amide bonds. The molecule has 0 saturated carbocycles.